The highest BCUT2D eigenvalue weighted by Crippen LogP contribution is 2.22. The number of hydrogen-bond acceptors (Lipinski definition) is 4. The van der Waals surface area contributed by atoms with E-state index in [0.717, 1.165) is 24.8 Å². The number of esters is 1. The average Bonchev–Trinajstić information content (AvgIpc) is 2.78. The topological polar surface area (TPSA) is 70.4 Å². The predicted octanol–water partition coefficient (Wildman–Crippen LogP) is 3.98. The summed E-state index contributed by atoms with van der Waals surface area (Å²) in [5.41, 5.74) is 2.67. The van der Waals surface area contributed by atoms with E-state index in [0.29, 0.717) is 24.6 Å². The molecule has 1 heterocycles. The van der Waals surface area contributed by atoms with Gasteiger partial charge in [0.15, 0.2) is 6.10 Å². The largest absolute Gasteiger partial charge is 0.449 e. The van der Waals surface area contributed by atoms with Gasteiger partial charge in [0.05, 0.1) is 11.6 Å². The number of likely N-dealkylation sites (tertiary alicyclic amines) is 1. The highest BCUT2D eigenvalue weighted by molar-refractivity contribution is 5.90. The minimum atomic E-state index is -0.811. The monoisotopic (exact) mass is 402 g/mol. The summed E-state index contributed by atoms with van der Waals surface area (Å²) >= 11 is 0. The minimum absolute atomic E-state index is 0.145. The van der Waals surface area contributed by atoms with Crippen LogP contribution in [0.2, 0.25) is 0 Å². The molecule has 1 amide bonds. The maximum absolute atomic E-state index is 12.6. The summed E-state index contributed by atoms with van der Waals surface area (Å²) in [6.07, 6.45) is 5.05. The lowest BCUT2D eigenvalue weighted by atomic mass is 9.90. The van der Waals surface area contributed by atoms with E-state index >= 15 is 0 Å². The van der Waals surface area contributed by atoms with Gasteiger partial charge >= 0.3 is 5.97 Å². The summed E-state index contributed by atoms with van der Waals surface area (Å²) in [4.78, 5) is 26.5. The summed E-state index contributed by atoms with van der Waals surface area (Å²) < 4.78 is 5.29. The molecule has 30 heavy (non-hydrogen) atoms. The van der Waals surface area contributed by atoms with Gasteiger partial charge < -0.3 is 9.64 Å². The van der Waals surface area contributed by atoms with E-state index < -0.39 is 12.1 Å². The molecule has 0 saturated carbocycles. The Morgan fingerprint density at radius 2 is 1.80 bits per heavy atom. The van der Waals surface area contributed by atoms with Gasteiger partial charge in [-0.3, -0.25) is 4.79 Å². The number of carbonyl (C=O) groups excluding carboxylic acids is 2. The number of nitriles is 1. The molecule has 1 saturated heterocycles. The van der Waals surface area contributed by atoms with E-state index in [1.165, 1.54) is 11.6 Å². The smallest absolute Gasteiger partial charge is 0.331 e. The Labute approximate surface area is 177 Å². The average molecular weight is 402 g/mol. The van der Waals surface area contributed by atoms with Crippen LogP contribution in [0.5, 0.6) is 0 Å². The summed E-state index contributed by atoms with van der Waals surface area (Å²) in [6.45, 7) is 3.00. The van der Waals surface area contributed by atoms with Crippen LogP contribution in [-0.4, -0.2) is 36.0 Å². The molecular weight excluding hydrogens is 376 g/mol. The van der Waals surface area contributed by atoms with Crippen LogP contribution < -0.4 is 0 Å². The maximum Gasteiger partial charge on any atom is 0.331 e. The molecule has 0 bridgehead atoms. The van der Waals surface area contributed by atoms with Crippen molar-refractivity contribution in [2.45, 2.75) is 32.3 Å². The number of benzene rings is 2. The van der Waals surface area contributed by atoms with Gasteiger partial charge in [-0.2, -0.15) is 5.26 Å². The zero-order valence-corrected chi connectivity index (χ0v) is 17.2. The molecule has 3 rings (SSSR count). The summed E-state index contributed by atoms with van der Waals surface area (Å²) in [6, 6.07) is 19.3. The molecule has 0 N–H and O–H groups in total. The molecule has 0 unspecified atom stereocenters. The fraction of sp³-hybridized carbons (Fsp3) is 0.320. The van der Waals surface area contributed by atoms with Crippen molar-refractivity contribution >= 4 is 18.0 Å². The molecule has 0 radical (unpaired) electrons. The summed E-state index contributed by atoms with van der Waals surface area (Å²) in [7, 11) is 0. The van der Waals surface area contributed by atoms with Crippen molar-refractivity contribution in [2.75, 3.05) is 13.1 Å². The fourth-order valence-electron chi connectivity index (χ4n) is 3.66. The molecule has 0 aliphatic carbocycles. The van der Waals surface area contributed by atoms with Gasteiger partial charge in [-0.25, -0.2) is 4.79 Å². The van der Waals surface area contributed by atoms with E-state index in [1.54, 1.807) is 42.2 Å². The van der Waals surface area contributed by atoms with Crippen molar-refractivity contribution in [1.82, 2.24) is 4.90 Å². The highest BCUT2D eigenvalue weighted by atomic mass is 16.5. The SMILES string of the molecule is C[C@H](OC(=O)/C=C/c1ccc(C#N)cc1)C(=O)N1CCC(Cc2ccccc2)CC1. The van der Waals surface area contributed by atoms with E-state index in [1.807, 2.05) is 12.1 Å². The third-order valence-corrected chi connectivity index (χ3v) is 5.39. The lowest BCUT2D eigenvalue weighted by molar-refractivity contribution is -0.156. The fourth-order valence-corrected chi connectivity index (χ4v) is 3.66. The minimum Gasteiger partial charge on any atom is -0.449 e. The Morgan fingerprint density at radius 1 is 1.13 bits per heavy atom. The molecule has 154 valence electrons. The zero-order valence-electron chi connectivity index (χ0n) is 17.2. The number of rotatable bonds is 6. The van der Waals surface area contributed by atoms with E-state index in [4.69, 9.17) is 10.00 Å². The molecule has 2 aromatic carbocycles. The highest BCUT2D eigenvalue weighted by Gasteiger charge is 2.27. The normalized spacial score (nSPS) is 15.5. The number of carbonyl (C=O) groups is 2. The van der Waals surface area contributed by atoms with Crippen LogP contribution in [0.25, 0.3) is 6.08 Å². The van der Waals surface area contributed by atoms with Crippen molar-refractivity contribution in [2.24, 2.45) is 5.92 Å². The maximum atomic E-state index is 12.6. The first kappa shape index (κ1) is 21.3. The number of hydrogen-bond donors (Lipinski definition) is 0. The summed E-state index contributed by atoms with van der Waals surface area (Å²) in [5.74, 6) is -0.128. The lowest BCUT2D eigenvalue weighted by Gasteiger charge is -2.33. The molecule has 2 aromatic rings. The second-order valence-electron chi connectivity index (χ2n) is 7.60. The molecule has 5 nitrogen and oxygen atoms in total. The molecule has 1 fully saturated rings. The Bertz CT molecular complexity index is 921. The van der Waals surface area contributed by atoms with Crippen LogP contribution in [0.3, 0.4) is 0 Å². The third kappa shape index (κ3) is 6.05. The van der Waals surface area contributed by atoms with Crippen molar-refractivity contribution in [3.63, 3.8) is 0 Å². The van der Waals surface area contributed by atoms with Crippen LogP contribution >= 0.6 is 0 Å². The standard InChI is InChI=1S/C25H26N2O3/c1-19(30-24(28)12-11-20-7-9-23(18-26)10-8-20)25(29)27-15-13-22(14-16-27)17-21-5-3-2-4-6-21/h2-12,19,22H,13-17H2,1H3/b12-11+/t19-/m0/s1. The van der Waals surface area contributed by atoms with Crippen LogP contribution in [-0.2, 0) is 20.7 Å². The quantitative estimate of drug-likeness (QED) is 0.541. The van der Waals surface area contributed by atoms with Crippen LogP contribution in [0.1, 0.15) is 36.5 Å². The second kappa shape index (κ2) is 10.4. The molecule has 1 aliphatic rings. The Morgan fingerprint density at radius 3 is 2.43 bits per heavy atom. The van der Waals surface area contributed by atoms with E-state index in [2.05, 4.69) is 24.3 Å². The number of nitrogens with zero attached hydrogens (tertiary/aromatic N) is 2. The van der Waals surface area contributed by atoms with Crippen molar-refractivity contribution in [1.29, 1.82) is 5.26 Å². The van der Waals surface area contributed by atoms with Gasteiger partial charge in [-0.1, -0.05) is 42.5 Å². The molecule has 1 aliphatic heterocycles. The van der Waals surface area contributed by atoms with Gasteiger partial charge in [0.25, 0.3) is 5.91 Å². The van der Waals surface area contributed by atoms with Crippen molar-refractivity contribution < 1.29 is 14.3 Å². The van der Waals surface area contributed by atoms with Crippen LogP contribution in [0.15, 0.2) is 60.7 Å². The lowest BCUT2D eigenvalue weighted by Crippen LogP contribution is -2.44. The third-order valence-electron chi connectivity index (χ3n) is 5.39. The molecular formula is C25H26N2O3. The first-order valence-electron chi connectivity index (χ1n) is 10.3. The van der Waals surface area contributed by atoms with Crippen LogP contribution in [0, 0.1) is 17.2 Å². The zero-order chi connectivity index (χ0) is 21.3. The Kier molecular flexibility index (Phi) is 7.40. The van der Waals surface area contributed by atoms with E-state index in [-0.39, 0.29) is 5.91 Å². The van der Waals surface area contributed by atoms with Gasteiger partial charge in [-0.15, -0.1) is 0 Å². The van der Waals surface area contributed by atoms with Crippen molar-refractivity contribution in [3.05, 3.63) is 77.4 Å². The first-order chi connectivity index (χ1) is 14.5. The number of piperidine rings is 1. The van der Waals surface area contributed by atoms with Gasteiger partial charge in [0, 0.05) is 19.2 Å². The predicted molar refractivity (Wildman–Crippen MR) is 115 cm³/mol. The Hall–Kier alpha value is -3.39. The molecule has 0 aromatic heterocycles. The summed E-state index contributed by atoms with van der Waals surface area (Å²) in [5, 5.41) is 8.81. The van der Waals surface area contributed by atoms with Gasteiger partial charge in [-0.05, 0) is 61.4 Å². The van der Waals surface area contributed by atoms with Crippen molar-refractivity contribution in [3.8, 4) is 6.07 Å². The van der Waals surface area contributed by atoms with Crippen LogP contribution in [0.4, 0.5) is 0 Å². The van der Waals surface area contributed by atoms with E-state index in [9.17, 15) is 9.59 Å². The molecule has 1 atom stereocenters. The van der Waals surface area contributed by atoms with Gasteiger partial charge in [0.1, 0.15) is 0 Å². The second-order valence-corrected chi connectivity index (χ2v) is 7.60. The number of ether oxygens (including phenoxy) is 1. The van der Waals surface area contributed by atoms with Gasteiger partial charge in [0.2, 0.25) is 0 Å². The first-order valence-corrected chi connectivity index (χ1v) is 10.3. The molecule has 5 heteroatoms. The number of amides is 1. The Balaban J connectivity index is 1.44. The molecule has 0 spiro atoms.